The summed E-state index contributed by atoms with van der Waals surface area (Å²) in [4.78, 5) is 25.5. The fourth-order valence-corrected chi connectivity index (χ4v) is 2.94. The maximum Gasteiger partial charge on any atom is 0.330 e. The number of aromatic amines is 1. The van der Waals surface area contributed by atoms with Gasteiger partial charge in [0, 0.05) is 18.2 Å². The molecule has 2 aliphatic rings. The molecule has 4 N–H and O–H groups in total. The lowest BCUT2D eigenvalue weighted by molar-refractivity contribution is -0.220. The summed E-state index contributed by atoms with van der Waals surface area (Å²) < 4.78 is 12.4. The van der Waals surface area contributed by atoms with Gasteiger partial charge in [-0.1, -0.05) is 0 Å². The van der Waals surface area contributed by atoms with Gasteiger partial charge in [0.1, 0.15) is 30.6 Å². The third kappa shape index (κ3) is 2.40. The number of rotatable bonds is 2. The number of aromatic nitrogens is 2. The molecule has 9 nitrogen and oxygen atoms in total. The van der Waals surface area contributed by atoms with E-state index in [0.29, 0.717) is 5.56 Å². The molecule has 2 aliphatic heterocycles. The number of hydrogen-bond acceptors (Lipinski definition) is 7. The van der Waals surface area contributed by atoms with Gasteiger partial charge in [0.25, 0.3) is 5.56 Å². The third-order valence-corrected chi connectivity index (χ3v) is 4.17. The van der Waals surface area contributed by atoms with Crippen LogP contribution in [-0.4, -0.2) is 62.0 Å². The number of aliphatic hydroxyl groups excluding tert-OH is 3. The molecular formula is C13H18N2O7. The van der Waals surface area contributed by atoms with E-state index in [0.717, 1.165) is 0 Å². The molecule has 122 valence electrons. The normalized spacial score (nSPS) is 38.0. The van der Waals surface area contributed by atoms with Crippen LogP contribution in [0, 0.1) is 6.92 Å². The van der Waals surface area contributed by atoms with Gasteiger partial charge in [0.15, 0.2) is 0 Å². The number of H-pyrrole nitrogens is 1. The Kier molecular flexibility index (Phi) is 3.91. The van der Waals surface area contributed by atoms with E-state index >= 15 is 0 Å². The molecule has 0 amide bonds. The molecule has 0 radical (unpaired) electrons. The van der Waals surface area contributed by atoms with Crippen molar-refractivity contribution >= 4 is 0 Å². The van der Waals surface area contributed by atoms with Gasteiger partial charge < -0.3 is 24.8 Å². The number of ether oxygens (including phenoxy) is 2. The molecule has 1 aromatic heterocycles. The summed E-state index contributed by atoms with van der Waals surface area (Å²) in [7, 11) is 0. The second kappa shape index (κ2) is 5.60. The van der Waals surface area contributed by atoms with Gasteiger partial charge in [-0.2, -0.15) is 0 Å². The molecule has 9 heteroatoms. The first-order valence-corrected chi connectivity index (χ1v) is 7.02. The lowest BCUT2D eigenvalue weighted by Gasteiger charge is -2.38. The SMILES string of the molecule is Cc1cn([C@@H]2C[C@H]3O[C@H](CO)[C@H](O)[C@H](O)[C@H]3O2)c(=O)[nH]c1=O. The zero-order valence-electron chi connectivity index (χ0n) is 11.9. The van der Waals surface area contributed by atoms with Gasteiger partial charge in [-0.15, -0.1) is 0 Å². The topological polar surface area (TPSA) is 134 Å². The van der Waals surface area contributed by atoms with Crippen LogP contribution < -0.4 is 11.2 Å². The molecule has 6 atom stereocenters. The van der Waals surface area contributed by atoms with E-state index in [9.17, 15) is 19.8 Å². The molecule has 2 saturated heterocycles. The van der Waals surface area contributed by atoms with E-state index in [-0.39, 0.29) is 6.42 Å². The maximum absolute atomic E-state index is 11.9. The highest BCUT2D eigenvalue weighted by atomic mass is 16.6. The Morgan fingerprint density at radius 2 is 2.05 bits per heavy atom. The van der Waals surface area contributed by atoms with Crippen molar-refractivity contribution in [2.45, 2.75) is 50.1 Å². The smallest absolute Gasteiger partial charge is 0.330 e. The Morgan fingerprint density at radius 3 is 2.73 bits per heavy atom. The fourth-order valence-electron chi connectivity index (χ4n) is 2.94. The summed E-state index contributed by atoms with van der Waals surface area (Å²) in [5.41, 5.74) is -0.732. The standard InChI is InChI=1S/C13H18N2O7/c1-5-3-15(13(20)14-12(5)19)8-2-6-11(22-8)10(18)9(17)7(4-16)21-6/h3,6-11,16-18H,2,4H2,1H3,(H,14,19,20)/t6-,7-,8+,9+,10+,11+/m1/s1. The van der Waals surface area contributed by atoms with Gasteiger partial charge in [0.2, 0.25) is 0 Å². The summed E-state index contributed by atoms with van der Waals surface area (Å²) in [6, 6.07) is 0. The van der Waals surface area contributed by atoms with Gasteiger partial charge in [0.05, 0.1) is 12.7 Å². The summed E-state index contributed by atoms with van der Waals surface area (Å²) in [6.07, 6.45) is -3.82. The van der Waals surface area contributed by atoms with Crippen LogP contribution >= 0.6 is 0 Å². The van der Waals surface area contributed by atoms with Crippen molar-refractivity contribution in [1.82, 2.24) is 9.55 Å². The zero-order valence-corrected chi connectivity index (χ0v) is 11.9. The van der Waals surface area contributed by atoms with Crippen LogP contribution in [0.15, 0.2) is 15.8 Å². The van der Waals surface area contributed by atoms with E-state index < -0.39 is 54.6 Å². The van der Waals surface area contributed by atoms with E-state index in [1.54, 1.807) is 6.92 Å². The molecule has 0 unspecified atom stereocenters. The fraction of sp³-hybridized carbons (Fsp3) is 0.692. The number of aryl methyl sites for hydroxylation is 1. The average molecular weight is 314 g/mol. The van der Waals surface area contributed by atoms with Crippen molar-refractivity contribution in [3.05, 3.63) is 32.6 Å². The summed E-state index contributed by atoms with van der Waals surface area (Å²) in [5.74, 6) is 0. The number of aliphatic hydroxyl groups is 3. The quantitative estimate of drug-likeness (QED) is 0.478. The molecule has 0 aliphatic carbocycles. The lowest BCUT2D eigenvalue weighted by Crippen LogP contribution is -2.57. The summed E-state index contributed by atoms with van der Waals surface area (Å²) in [5, 5.41) is 29.1. The van der Waals surface area contributed by atoms with Gasteiger partial charge in [-0.3, -0.25) is 14.3 Å². The molecule has 3 heterocycles. The number of nitrogens with one attached hydrogen (secondary N) is 1. The Labute approximate surface area is 124 Å². The molecule has 22 heavy (non-hydrogen) atoms. The van der Waals surface area contributed by atoms with E-state index in [1.165, 1.54) is 10.8 Å². The third-order valence-electron chi connectivity index (χ3n) is 4.17. The lowest BCUT2D eigenvalue weighted by atomic mass is 9.95. The van der Waals surface area contributed by atoms with Crippen LogP contribution in [0.1, 0.15) is 18.2 Å². The van der Waals surface area contributed by atoms with Crippen LogP contribution in [0.5, 0.6) is 0 Å². The Morgan fingerprint density at radius 1 is 1.32 bits per heavy atom. The van der Waals surface area contributed by atoms with Crippen molar-refractivity contribution in [3.8, 4) is 0 Å². The Bertz CT molecular complexity index is 669. The second-order valence-corrected chi connectivity index (χ2v) is 5.65. The molecule has 0 bridgehead atoms. The molecule has 2 fully saturated rings. The van der Waals surface area contributed by atoms with Crippen molar-refractivity contribution < 1.29 is 24.8 Å². The molecule has 0 aromatic carbocycles. The molecule has 1 aromatic rings. The van der Waals surface area contributed by atoms with Crippen LogP contribution in [0.4, 0.5) is 0 Å². The van der Waals surface area contributed by atoms with Crippen LogP contribution in [-0.2, 0) is 9.47 Å². The predicted octanol–water partition coefficient (Wildman–Crippen LogP) is -2.39. The largest absolute Gasteiger partial charge is 0.394 e. The highest BCUT2D eigenvalue weighted by Gasteiger charge is 2.50. The minimum Gasteiger partial charge on any atom is -0.394 e. The molecular weight excluding hydrogens is 296 g/mol. The minimum atomic E-state index is -1.26. The number of fused-ring (bicyclic) bond motifs is 1. The Hall–Kier alpha value is -1.52. The highest BCUT2D eigenvalue weighted by Crippen LogP contribution is 2.37. The van der Waals surface area contributed by atoms with Gasteiger partial charge in [-0.25, -0.2) is 4.79 Å². The predicted molar refractivity (Wildman–Crippen MR) is 72.3 cm³/mol. The number of nitrogens with zero attached hydrogens (tertiary/aromatic N) is 1. The minimum absolute atomic E-state index is 0.260. The van der Waals surface area contributed by atoms with E-state index in [1.807, 2.05) is 0 Å². The van der Waals surface area contributed by atoms with E-state index in [4.69, 9.17) is 14.6 Å². The molecule has 0 spiro atoms. The average Bonchev–Trinajstić information content (AvgIpc) is 2.90. The first kappa shape index (κ1) is 15.4. The van der Waals surface area contributed by atoms with E-state index in [2.05, 4.69) is 4.98 Å². The molecule has 3 rings (SSSR count). The second-order valence-electron chi connectivity index (χ2n) is 5.65. The maximum atomic E-state index is 11.9. The number of hydrogen-bond donors (Lipinski definition) is 4. The highest BCUT2D eigenvalue weighted by molar-refractivity contribution is 5.03. The summed E-state index contributed by atoms with van der Waals surface area (Å²) in [6.45, 7) is 1.14. The zero-order chi connectivity index (χ0) is 16.0. The van der Waals surface area contributed by atoms with Crippen molar-refractivity contribution in [2.24, 2.45) is 0 Å². The van der Waals surface area contributed by atoms with Crippen molar-refractivity contribution in [1.29, 1.82) is 0 Å². The van der Waals surface area contributed by atoms with Crippen LogP contribution in [0.25, 0.3) is 0 Å². The summed E-state index contributed by atoms with van der Waals surface area (Å²) >= 11 is 0. The Balaban J connectivity index is 1.87. The first-order chi connectivity index (χ1) is 10.4. The van der Waals surface area contributed by atoms with Gasteiger partial charge in [-0.05, 0) is 6.92 Å². The van der Waals surface area contributed by atoms with Gasteiger partial charge >= 0.3 is 5.69 Å². The van der Waals surface area contributed by atoms with Crippen molar-refractivity contribution in [2.75, 3.05) is 6.61 Å². The monoisotopic (exact) mass is 314 g/mol. The first-order valence-electron chi connectivity index (χ1n) is 7.02. The van der Waals surface area contributed by atoms with Crippen LogP contribution in [0.3, 0.4) is 0 Å². The molecule has 0 saturated carbocycles. The van der Waals surface area contributed by atoms with Crippen LogP contribution in [0.2, 0.25) is 0 Å². The van der Waals surface area contributed by atoms with Crippen molar-refractivity contribution in [3.63, 3.8) is 0 Å².